The maximum absolute atomic E-state index is 13.7. The first-order valence-corrected chi connectivity index (χ1v) is 6.83. The van der Waals surface area contributed by atoms with E-state index in [4.69, 9.17) is 5.73 Å². The quantitative estimate of drug-likeness (QED) is 0.864. The summed E-state index contributed by atoms with van der Waals surface area (Å²) < 4.78 is 13.7. The minimum absolute atomic E-state index is 0.201. The Labute approximate surface area is 114 Å². The first-order chi connectivity index (χ1) is 8.80. The van der Waals surface area contributed by atoms with Crippen LogP contribution in [0.2, 0.25) is 0 Å². The molecule has 0 aromatic heterocycles. The summed E-state index contributed by atoms with van der Waals surface area (Å²) in [5.41, 5.74) is 7.85. The largest absolute Gasteiger partial charge is 0.390 e. The molecule has 3 N–H and O–H groups in total. The molecule has 106 valence electrons. The predicted octanol–water partition coefficient (Wildman–Crippen LogP) is 2.51. The Bertz CT molecular complexity index is 461. The summed E-state index contributed by atoms with van der Waals surface area (Å²) in [5.74, 6) is -0.208. The maximum atomic E-state index is 13.7. The summed E-state index contributed by atoms with van der Waals surface area (Å²) in [6.07, 6.45) is 1.45. The number of anilines is 1. The SMILES string of the molecule is Cc1cc(N2CCC(C)(O)CC2)c(C(C)N)cc1F. The molecule has 1 aromatic carbocycles. The molecular formula is C15H23FN2O. The first-order valence-electron chi connectivity index (χ1n) is 6.83. The highest BCUT2D eigenvalue weighted by atomic mass is 19.1. The zero-order valence-electron chi connectivity index (χ0n) is 11.9. The second-order valence-corrected chi connectivity index (χ2v) is 5.93. The molecule has 0 saturated carbocycles. The normalized spacial score (nSPS) is 20.4. The molecule has 0 radical (unpaired) electrons. The van der Waals surface area contributed by atoms with Gasteiger partial charge in [0.1, 0.15) is 5.82 Å². The van der Waals surface area contributed by atoms with E-state index in [9.17, 15) is 9.50 Å². The lowest BCUT2D eigenvalue weighted by molar-refractivity contribution is 0.0351. The fourth-order valence-corrected chi connectivity index (χ4v) is 2.55. The van der Waals surface area contributed by atoms with Crippen LogP contribution in [-0.2, 0) is 0 Å². The summed E-state index contributed by atoms with van der Waals surface area (Å²) in [6.45, 7) is 7.06. The number of aliphatic hydroxyl groups is 1. The van der Waals surface area contributed by atoms with Crippen LogP contribution in [0.25, 0.3) is 0 Å². The standard InChI is InChI=1S/C15H23FN2O/c1-10-8-14(12(11(2)17)9-13(10)16)18-6-4-15(3,19)5-7-18/h8-9,11,19H,4-7,17H2,1-3H3. The predicted molar refractivity (Wildman–Crippen MR) is 75.8 cm³/mol. The van der Waals surface area contributed by atoms with E-state index in [0.29, 0.717) is 5.56 Å². The maximum Gasteiger partial charge on any atom is 0.126 e. The molecule has 0 spiro atoms. The smallest absolute Gasteiger partial charge is 0.126 e. The van der Waals surface area contributed by atoms with Crippen LogP contribution in [0.15, 0.2) is 12.1 Å². The third-order valence-electron chi connectivity index (χ3n) is 3.98. The zero-order valence-corrected chi connectivity index (χ0v) is 11.9. The molecule has 1 aliphatic heterocycles. The highest BCUT2D eigenvalue weighted by molar-refractivity contribution is 5.57. The van der Waals surface area contributed by atoms with Gasteiger partial charge < -0.3 is 15.7 Å². The van der Waals surface area contributed by atoms with E-state index in [-0.39, 0.29) is 11.9 Å². The van der Waals surface area contributed by atoms with Crippen molar-refractivity contribution in [2.75, 3.05) is 18.0 Å². The van der Waals surface area contributed by atoms with Gasteiger partial charge in [-0.1, -0.05) is 0 Å². The fraction of sp³-hybridized carbons (Fsp3) is 0.600. The molecule has 1 aliphatic rings. The molecule has 1 atom stereocenters. The monoisotopic (exact) mass is 266 g/mol. The average molecular weight is 266 g/mol. The second-order valence-electron chi connectivity index (χ2n) is 5.93. The van der Waals surface area contributed by atoms with Gasteiger partial charge in [0.15, 0.2) is 0 Å². The lowest BCUT2D eigenvalue weighted by Gasteiger charge is -2.38. The van der Waals surface area contributed by atoms with E-state index in [1.165, 1.54) is 0 Å². The lowest BCUT2D eigenvalue weighted by atomic mass is 9.92. The summed E-state index contributed by atoms with van der Waals surface area (Å²) >= 11 is 0. The Balaban J connectivity index is 2.31. The number of rotatable bonds is 2. The van der Waals surface area contributed by atoms with Gasteiger partial charge in [-0.2, -0.15) is 0 Å². The minimum atomic E-state index is -0.583. The van der Waals surface area contributed by atoms with Crippen LogP contribution >= 0.6 is 0 Å². The lowest BCUT2D eigenvalue weighted by Crippen LogP contribution is -2.43. The van der Waals surface area contributed by atoms with Crippen molar-refractivity contribution in [3.8, 4) is 0 Å². The molecule has 1 saturated heterocycles. The van der Waals surface area contributed by atoms with E-state index in [1.54, 1.807) is 13.0 Å². The van der Waals surface area contributed by atoms with E-state index < -0.39 is 5.60 Å². The third kappa shape index (κ3) is 3.07. The van der Waals surface area contributed by atoms with Gasteiger partial charge in [0.05, 0.1) is 5.60 Å². The number of aryl methyl sites for hydroxylation is 1. The second kappa shape index (κ2) is 5.10. The van der Waals surface area contributed by atoms with Gasteiger partial charge in [0.25, 0.3) is 0 Å². The number of nitrogens with two attached hydrogens (primary N) is 1. The van der Waals surface area contributed by atoms with Crippen LogP contribution in [-0.4, -0.2) is 23.8 Å². The summed E-state index contributed by atoms with van der Waals surface area (Å²) in [6, 6.07) is 3.21. The molecule has 19 heavy (non-hydrogen) atoms. The van der Waals surface area contributed by atoms with Crippen LogP contribution < -0.4 is 10.6 Å². The Morgan fingerprint density at radius 2 is 1.95 bits per heavy atom. The molecule has 1 aromatic rings. The molecule has 3 nitrogen and oxygen atoms in total. The molecule has 0 bridgehead atoms. The van der Waals surface area contributed by atoms with Crippen molar-refractivity contribution in [3.05, 3.63) is 29.1 Å². The number of hydrogen-bond donors (Lipinski definition) is 2. The summed E-state index contributed by atoms with van der Waals surface area (Å²) in [7, 11) is 0. The van der Waals surface area contributed by atoms with E-state index in [2.05, 4.69) is 4.90 Å². The fourth-order valence-electron chi connectivity index (χ4n) is 2.55. The Morgan fingerprint density at radius 1 is 1.37 bits per heavy atom. The first kappa shape index (κ1) is 14.3. The third-order valence-corrected chi connectivity index (χ3v) is 3.98. The van der Waals surface area contributed by atoms with Gasteiger partial charge in [-0.3, -0.25) is 0 Å². The van der Waals surface area contributed by atoms with Crippen LogP contribution in [0.1, 0.15) is 43.9 Å². The van der Waals surface area contributed by atoms with Crippen LogP contribution in [0.3, 0.4) is 0 Å². The number of piperidine rings is 1. The Kier molecular flexibility index (Phi) is 3.83. The van der Waals surface area contributed by atoms with E-state index >= 15 is 0 Å². The highest BCUT2D eigenvalue weighted by Crippen LogP contribution is 2.32. The molecule has 0 aliphatic carbocycles. The van der Waals surface area contributed by atoms with Gasteiger partial charge in [0.2, 0.25) is 0 Å². The van der Waals surface area contributed by atoms with Crippen LogP contribution in [0.4, 0.5) is 10.1 Å². The highest BCUT2D eigenvalue weighted by Gasteiger charge is 2.28. The van der Waals surface area contributed by atoms with Gasteiger partial charge >= 0.3 is 0 Å². The van der Waals surface area contributed by atoms with E-state index in [1.807, 2.05) is 19.9 Å². The van der Waals surface area contributed by atoms with Crippen molar-refractivity contribution in [1.82, 2.24) is 0 Å². The van der Waals surface area contributed by atoms with Crippen LogP contribution in [0.5, 0.6) is 0 Å². The molecular weight excluding hydrogens is 243 g/mol. The molecule has 1 unspecified atom stereocenters. The Morgan fingerprint density at radius 3 is 2.47 bits per heavy atom. The van der Waals surface area contributed by atoms with Gasteiger partial charge in [-0.05, 0) is 56.9 Å². The van der Waals surface area contributed by atoms with Gasteiger partial charge in [-0.25, -0.2) is 4.39 Å². The van der Waals surface area contributed by atoms with Crippen molar-refractivity contribution >= 4 is 5.69 Å². The number of benzene rings is 1. The van der Waals surface area contributed by atoms with Gasteiger partial charge in [-0.15, -0.1) is 0 Å². The number of nitrogens with zero attached hydrogens (tertiary/aromatic N) is 1. The van der Waals surface area contributed by atoms with Crippen molar-refractivity contribution in [3.63, 3.8) is 0 Å². The zero-order chi connectivity index (χ0) is 14.2. The number of hydrogen-bond acceptors (Lipinski definition) is 3. The van der Waals surface area contributed by atoms with Gasteiger partial charge in [0, 0.05) is 24.8 Å². The summed E-state index contributed by atoms with van der Waals surface area (Å²) in [5, 5.41) is 10.0. The average Bonchev–Trinajstić information content (AvgIpc) is 2.32. The molecule has 1 fully saturated rings. The van der Waals surface area contributed by atoms with E-state index in [0.717, 1.165) is 37.2 Å². The summed E-state index contributed by atoms with van der Waals surface area (Å²) in [4.78, 5) is 2.20. The van der Waals surface area contributed by atoms with Crippen molar-refractivity contribution in [1.29, 1.82) is 0 Å². The molecule has 1 heterocycles. The number of halogens is 1. The topological polar surface area (TPSA) is 49.5 Å². The Hall–Kier alpha value is -1.13. The minimum Gasteiger partial charge on any atom is -0.390 e. The van der Waals surface area contributed by atoms with Crippen LogP contribution in [0, 0.1) is 12.7 Å². The molecule has 0 amide bonds. The van der Waals surface area contributed by atoms with Crippen molar-refractivity contribution in [2.45, 2.75) is 45.3 Å². The molecule has 2 rings (SSSR count). The van der Waals surface area contributed by atoms with Crippen molar-refractivity contribution < 1.29 is 9.50 Å². The van der Waals surface area contributed by atoms with Crippen molar-refractivity contribution in [2.24, 2.45) is 5.73 Å². The molecule has 4 heteroatoms.